The second-order valence-electron chi connectivity index (χ2n) is 8.19. The summed E-state index contributed by atoms with van der Waals surface area (Å²) >= 11 is 6.31. The Morgan fingerprint density at radius 3 is 2.75 bits per heavy atom. The highest BCUT2D eigenvalue weighted by molar-refractivity contribution is 6.33. The summed E-state index contributed by atoms with van der Waals surface area (Å²) in [7, 11) is 0. The van der Waals surface area contributed by atoms with Gasteiger partial charge in [-0.15, -0.1) is 0 Å². The molecule has 0 radical (unpaired) electrons. The number of anilines is 1. The van der Waals surface area contributed by atoms with E-state index in [1.807, 2.05) is 4.90 Å². The van der Waals surface area contributed by atoms with Crippen molar-refractivity contribution in [2.75, 3.05) is 50.7 Å². The first-order valence-corrected chi connectivity index (χ1v) is 10.5. The minimum absolute atomic E-state index is 0.0389. The quantitative estimate of drug-likeness (QED) is 0.822. The van der Waals surface area contributed by atoms with Gasteiger partial charge in [-0.25, -0.2) is 4.98 Å². The first-order chi connectivity index (χ1) is 13.5. The van der Waals surface area contributed by atoms with E-state index >= 15 is 0 Å². The van der Waals surface area contributed by atoms with Crippen LogP contribution in [0.25, 0.3) is 0 Å². The highest BCUT2D eigenvalue weighted by atomic mass is 35.5. The normalized spacial score (nSPS) is 28.5. The van der Waals surface area contributed by atoms with Gasteiger partial charge in [0.25, 0.3) is 0 Å². The molecule has 3 fully saturated rings. The molecule has 3 saturated heterocycles. The smallest absolute Gasteiger partial charge is 0.239 e. The Balaban J connectivity index is 1.30. The van der Waals surface area contributed by atoms with Gasteiger partial charge < -0.3 is 15.1 Å². The molecule has 0 aliphatic carbocycles. The van der Waals surface area contributed by atoms with Crippen LogP contribution in [0.4, 0.5) is 5.82 Å². The summed E-state index contributed by atoms with van der Waals surface area (Å²) in [6, 6.07) is 4.10. The number of carbonyl (C=O) groups is 1. The lowest BCUT2D eigenvalue weighted by Gasteiger charge is -2.38. The molecule has 1 aromatic rings. The number of aromatic nitrogens is 1. The molecule has 1 aromatic heterocycles. The second-order valence-corrected chi connectivity index (χ2v) is 8.60. The maximum atomic E-state index is 12.7. The van der Waals surface area contributed by atoms with Crippen molar-refractivity contribution in [2.24, 2.45) is 5.92 Å². The van der Waals surface area contributed by atoms with E-state index in [0.717, 1.165) is 64.5 Å². The van der Waals surface area contributed by atoms with Crippen LogP contribution in [0.15, 0.2) is 12.3 Å². The van der Waals surface area contributed by atoms with Crippen molar-refractivity contribution < 1.29 is 4.79 Å². The maximum absolute atomic E-state index is 12.7. The Morgan fingerprint density at radius 1 is 1.32 bits per heavy atom. The van der Waals surface area contributed by atoms with Crippen molar-refractivity contribution >= 4 is 23.3 Å². The first kappa shape index (κ1) is 19.4. The highest BCUT2D eigenvalue weighted by Crippen LogP contribution is 2.26. The van der Waals surface area contributed by atoms with Gasteiger partial charge in [0.15, 0.2) is 0 Å². The molecule has 0 spiro atoms. The molecule has 3 aliphatic heterocycles. The van der Waals surface area contributed by atoms with Gasteiger partial charge in [0.2, 0.25) is 5.91 Å². The lowest BCUT2D eigenvalue weighted by atomic mass is 10.1. The number of halogens is 1. The predicted octanol–water partition coefficient (Wildman–Crippen LogP) is 1.33. The topological polar surface area (TPSA) is 75.5 Å². The molecule has 4 rings (SSSR count). The fourth-order valence-electron chi connectivity index (χ4n) is 4.56. The van der Waals surface area contributed by atoms with E-state index in [-0.39, 0.29) is 11.9 Å². The molecule has 0 saturated carbocycles. The van der Waals surface area contributed by atoms with Gasteiger partial charge in [-0.05, 0) is 24.8 Å². The lowest BCUT2D eigenvalue weighted by molar-refractivity contribution is -0.132. The number of nitrogens with one attached hydrogen (secondary N) is 1. The fraction of sp³-hybridized carbons (Fsp3) is 0.650. The molecule has 1 unspecified atom stereocenters. The monoisotopic (exact) mass is 402 g/mol. The maximum Gasteiger partial charge on any atom is 0.239 e. The highest BCUT2D eigenvalue weighted by Gasteiger charge is 2.37. The number of amides is 1. The van der Waals surface area contributed by atoms with E-state index in [0.29, 0.717) is 22.5 Å². The number of pyridine rings is 1. The average Bonchev–Trinajstić information content (AvgIpc) is 3.37. The van der Waals surface area contributed by atoms with Crippen LogP contribution in [0.1, 0.15) is 25.3 Å². The van der Waals surface area contributed by atoms with Crippen molar-refractivity contribution in [3.63, 3.8) is 0 Å². The number of nitrogens with zero attached hydrogens (tertiary/aromatic N) is 5. The third-order valence-corrected chi connectivity index (χ3v) is 6.50. The standard InChI is InChI=1S/C20H27ClN6O/c1-14-2-3-27(13-14)20(28)18-9-16(12-23-18)25-4-6-26(7-5-25)19-17(21)8-15(10-22)11-24-19/h8,11,14,16,18,23H,2-7,9,12-13H2,1H3/t14?,16-,18-/m0/s1. The molecule has 8 heteroatoms. The van der Waals surface area contributed by atoms with Crippen LogP contribution in [0, 0.1) is 17.2 Å². The van der Waals surface area contributed by atoms with Gasteiger partial charge in [-0.2, -0.15) is 5.26 Å². The Morgan fingerprint density at radius 2 is 2.11 bits per heavy atom. The number of rotatable bonds is 3. The van der Waals surface area contributed by atoms with Crippen LogP contribution in [-0.2, 0) is 4.79 Å². The first-order valence-electron chi connectivity index (χ1n) is 10.1. The van der Waals surface area contributed by atoms with Gasteiger partial charge in [0.05, 0.1) is 16.6 Å². The van der Waals surface area contributed by atoms with Crippen molar-refractivity contribution in [3.8, 4) is 6.07 Å². The average molecular weight is 403 g/mol. The number of hydrogen-bond donors (Lipinski definition) is 1. The molecular weight excluding hydrogens is 376 g/mol. The number of piperazine rings is 1. The molecule has 28 heavy (non-hydrogen) atoms. The lowest BCUT2D eigenvalue weighted by Crippen LogP contribution is -2.51. The van der Waals surface area contributed by atoms with Crippen molar-refractivity contribution in [1.82, 2.24) is 20.1 Å². The summed E-state index contributed by atoms with van der Waals surface area (Å²) in [5.41, 5.74) is 0.479. The zero-order valence-electron chi connectivity index (χ0n) is 16.3. The largest absolute Gasteiger partial charge is 0.353 e. The van der Waals surface area contributed by atoms with Crippen molar-refractivity contribution in [2.45, 2.75) is 31.8 Å². The third-order valence-electron chi connectivity index (χ3n) is 6.22. The summed E-state index contributed by atoms with van der Waals surface area (Å²) in [5, 5.41) is 12.9. The Bertz CT molecular complexity index is 772. The summed E-state index contributed by atoms with van der Waals surface area (Å²) in [6.07, 6.45) is 3.58. The van der Waals surface area contributed by atoms with E-state index in [1.54, 1.807) is 12.3 Å². The van der Waals surface area contributed by atoms with Crippen LogP contribution in [0.5, 0.6) is 0 Å². The number of hydrogen-bond acceptors (Lipinski definition) is 6. The second kappa shape index (κ2) is 8.24. The van der Waals surface area contributed by atoms with Crippen LogP contribution in [-0.4, -0.2) is 78.6 Å². The molecule has 3 aliphatic rings. The molecule has 3 atom stereocenters. The Hall–Kier alpha value is -1.88. The van der Waals surface area contributed by atoms with Crippen molar-refractivity contribution in [3.05, 3.63) is 22.8 Å². The summed E-state index contributed by atoms with van der Waals surface area (Å²) in [6.45, 7) is 8.42. The third kappa shape index (κ3) is 3.95. The molecule has 1 amide bonds. The van der Waals surface area contributed by atoms with Crippen LogP contribution >= 0.6 is 11.6 Å². The summed E-state index contributed by atoms with van der Waals surface area (Å²) in [4.78, 5) is 23.8. The van der Waals surface area contributed by atoms with E-state index in [4.69, 9.17) is 16.9 Å². The minimum atomic E-state index is -0.0389. The Kier molecular flexibility index (Phi) is 5.72. The fourth-order valence-corrected chi connectivity index (χ4v) is 4.85. The number of likely N-dealkylation sites (tertiary alicyclic amines) is 1. The van der Waals surface area contributed by atoms with Crippen molar-refractivity contribution in [1.29, 1.82) is 5.26 Å². The van der Waals surface area contributed by atoms with E-state index < -0.39 is 0 Å². The van der Waals surface area contributed by atoms with E-state index in [2.05, 4.69) is 33.1 Å². The molecule has 0 aromatic carbocycles. The minimum Gasteiger partial charge on any atom is -0.353 e. The summed E-state index contributed by atoms with van der Waals surface area (Å²) < 4.78 is 0. The van der Waals surface area contributed by atoms with Gasteiger partial charge in [-0.3, -0.25) is 9.69 Å². The predicted molar refractivity (Wildman–Crippen MR) is 108 cm³/mol. The summed E-state index contributed by atoms with van der Waals surface area (Å²) in [5.74, 6) is 1.65. The molecule has 0 bridgehead atoms. The van der Waals surface area contributed by atoms with E-state index in [9.17, 15) is 4.79 Å². The zero-order chi connectivity index (χ0) is 19.7. The molecule has 7 nitrogen and oxygen atoms in total. The zero-order valence-corrected chi connectivity index (χ0v) is 17.0. The molecule has 4 heterocycles. The number of nitriles is 1. The molecule has 1 N–H and O–H groups in total. The van der Waals surface area contributed by atoms with Crippen LogP contribution < -0.4 is 10.2 Å². The Labute approximate surface area is 171 Å². The van der Waals surface area contributed by atoms with Crippen LogP contribution in [0.3, 0.4) is 0 Å². The van der Waals surface area contributed by atoms with Gasteiger partial charge >= 0.3 is 0 Å². The number of carbonyl (C=O) groups excluding carboxylic acids is 1. The van der Waals surface area contributed by atoms with Gasteiger partial charge in [0.1, 0.15) is 11.9 Å². The molecule has 150 valence electrons. The molecular formula is C20H27ClN6O. The van der Waals surface area contributed by atoms with Gasteiger partial charge in [-0.1, -0.05) is 18.5 Å². The van der Waals surface area contributed by atoms with E-state index in [1.165, 1.54) is 0 Å². The SMILES string of the molecule is CC1CCN(C(=O)[C@@H]2C[C@H](N3CCN(c4ncc(C#N)cc4Cl)CC3)CN2)C1. The van der Waals surface area contributed by atoms with Crippen LogP contribution in [0.2, 0.25) is 5.02 Å². The van der Waals surface area contributed by atoms with Gasteiger partial charge in [0, 0.05) is 58.1 Å².